The van der Waals surface area contributed by atoms with Gasteiger partial charge in [-0.05, 0) is 49.8 Å². The van der Waals surface area contributed by atoms with Gasteiger partial charge in [-0.1, -0.05) is 30.3 Å². The molecule has 1 saturated carbocycles. The number of carboxylic acids is 1. The molecule has 1 saturated heterocycles. The van der Waals surface area contributed by atoms with Crippen molar-refractivity contribution >= 4 is 17.6 Å². The van der Waals surface area contributed by atoms with E-state index in [-0.39, 0.29) is 12.1 Å². The molecule has 1 unspecified atom stereocenters. The highest BCUT2D eigenvalue weighted by Gasteiger charge is 2.34. The summed E-state index contributed by atoms with van der Waals surface area (Å²) in [6.07, 6.45) is 5.30. The molecule has 170 valence electrons. The number of carbonyl (C=O) groups excluding carboxylic acids is 1. The molecular formula is C25H30N2O5. The normalized spacial score (nSPS) is 19.1. The van der Waals surface area contributed by atoms with E-state index >= 15 is 0 Å². The number of ether oxygens (including phenoxy) is 2. The van der Waals surface area contributed by atoms with Gasteiger partial charge >= 0.3 is 11.9 Å². The molecule has 1 N–H and O–H groups in total. The molecule has 1 heterocycles. The monoisotopic (exact) mass is 438 g/mol. The molecule has 1 aliphatic carbocycles. The van der Waals surface area contributed by atoms with Crippen molar-refractivity contribution in [3.8, 4) is 11.5 Å². The summed E-state index contributed by atoms with van der Waals surface area (Å²) in [5, 5.41) is 9.30. The van der Waals surface area contributed by atoms with E-state index in [2.05, 4.69) is 4.90 Å². The maximum Gasteiger partial charge on any atom is 0.394 e. The number of hydrogen-bond donors (Lipinski definition) is 1. The van der Waals surface area contributed by atoms with E-state index in [1.54, 1.807) is 7.11 Å². The zero-order valence-corrected chi connectivity index (χ0v) is 18.4. The van der Waals surface area contributed by atoms with Crippen LogP contribution in [0.2, 0.25) is 0 Å². The zero-order chi connectivity index (χ0) is 22.5. The van der Waals surface area contributed by atoms with Crippen LogP contribution in [0.1, 0.15) is 31.2 Å². The van der Waals surface area contributed by atoms with Crippen molar-refractivity contribution in [1.82, 2.24) is 4.90 Å². The lowest BCUT2D eigenvalue weighted by atomic mass is 10.0. The van der Waals surface area contributed by atoms with Gasteiger partial charge in [-0.3, -0.25) is 4.79 Å². The van der Waals surface area contributed by atoms with E-state index in [1.807, 2.05) is 48.5 Å². The molecule has 1 atom stereocenters. The number of carboxylic acid groups (broad SMARTS) is 1. The highest BCUT2D eigenvalue weighted by atomic mass is 16.5. The molecule has 1 amide bonds. The summed E-state index contributed by atoms with van der Waals surface area (Å²) in [4.78, 5) is 27.4. The lowest BCUT2D eigenvalue weighted by molar-refractivity contribution is -0.157. The van der Waals surface area contributed by atoms with Gasteiger partial charge in [-0.2, -0.15) is 0 Å². The highest BCUT2D eigenvalue weighted by Crippen LogP contribution is 2.35. The second-order valence-electron chi connectivity index (χ2n) is 8.45. The average molecular weight is 439 g/mol. The standard InChI is InChI=1S/C25H30N2O5/c1-31-22-12-11-19(16-23(22)32-21-9-5-6-10-21)26-13-14-27(24(28)25(29)30)20(17-26)15-18-7-3-2-4-8-18/h2-4,7-8,11-12,16,20-21H,5-6,9-10,13-15,17H2,1H3,(H,29,30). The number of nitrogens with zero attached hydrogens (tertiary/aromatic N) is 2. The van der Waals surface area contributed by atoms with Crippen molar-refractivity contribution < 1.29 is 24.2 Å². The Morgan fingerprint density at radius 1 is 1.03 bits per heavy atom. The smallest absolute Gasteiger partial charge is 0.394 e. The number of hydrogen-bond acceptors (Lipinski definition) is 5. The van der Waals surface area contributed by atoms with Gasteiger partial charge in [-0.25, -0.2) is 4.79 Å². The minimum absolute atomic E-state index is 0.218. The lowest BCUT2D eigenvalue weighted by Crippen LogP contribution is -2.57. The second-order valence-corrected chi connectivity index (χ2v) is 8.45. The Morgan fingerprint density at radius 2 is 1.78 bits per heavy atom. The Morgan fingerprint density at radius 3 is 2.47 bits per heavy atom. The van der Waals surface area contributed by atoms with Gasteiger partial charge in [0, 0.05) is 31.4 Å². The van der Waals surface area contributed by atoms with E-state index in [0.29, 0.717) is 31.8 Å². The van der Waals surface area contributed by atoms with Gasteiger partial charge in [0.05, 0.1) is 19.3 Å². The summed E-state index contributed by atoms with van der Waals surface area (Å²) in [6, 6.07) is 15.5. The summed E-state index contributed by atoms with van der Waals surface area (Å²) in [5.74, 6) is -0.805. The van der Waals surface area contributed by atoms with Crippen molar-refractivity contribution in [3.05, 3.63) is 54.1 Å². The Hall–Kier alpha value is -3.22. The number of carbonyl (C=O) groups is 2. The number of piperazine rings is 1. The molecule has 7 nitrogen and oxygen atoms in total. The topological polar surface area (TPSA) is 79.3 Å². The third kappa shape index (κ3) is 4.98. The SMILES string of the molecule is COc1ccc(N2CCN(C(=O)C(=O)O)C(Cc3ccccc3)C2)cc1OC1CCCC1. The number of anilines is 1. The molecule has 2 aromatic carbocycles. The van der Waals surface area contributed by atoms with Gasteiger partial charge in [0.15, 0.2) is 11.5 Å². The third-order valence-electron chi connectivity index (χ3n) is 6.35. The Kier molecular flexibility index (Phi) is 6.83. The predicted octanol–water partition coefficient (Wildman–Crippen LogP) is 3.36. The van der Waals surface area contributed by atoms with Crippen molar-refractivity contribution in [2.24, 2.45) is 0 Å². The first kappa shape index (κ1) is 22.0. The molecule has 0 aromatic heterocycles. The molecule has 4 rings (SSSR count). The fourth-order valence-corrected chi connectivity index (χ4v) is 4.68. The maximum absolute atomic E-state index is 12.3. The molecule has 0 spiro atoms. The fraction of sp³-hybridized carbons (Fsp3) is 0.440. The van der Waals surface area contributed by atoms with Gasteiger partial charge in [0.25, 0.3) is 0 Å². The summed E-state index contributed by atoms with van der Waals surface area (Å²) in [7, 11) is 1.64. The quantitative estimate of drug-likeness (QED) is 0.697. The average Bonchev–Trinajstić information content (AvgIpc) is 3.32. The minimum atomic E-state index is -1.41. The number of benzene rings is 2. The second kappa shape index (κ2) is 9.94. The van der Waals surface area contributed by atoms with Gasteiger partial charge in [0.1, 0.15) is 0 Å². The maximum atomic E-state index is 12.3. The van der Waals surface area contributed by atoms with E-state index in [1.165, 1.54) is 17.7 Å². The number of aliphatic carboxylic acids is 1. The van der Waals surface area contributed by atoms with E-state index in [9.17, 15) is 14.7 Å². The largest absolute Gasteiger partial charge is 0.493 e. The summed E-state index contributed by atoms with van der Waals surface area (Å²) < 4.78 is 11.8. The van der Waals surface area contributed by atoms with Crippen LogP contribution in [0.15, 0.2) is 48.5 Å². The van der Waals surface area contributed by atoms with Gasteiger partial charge in [0.2, 0.25) is 0 Å². The van der Waals surface area contributed by atoms with Crippen molar-refractivity contribution in [3.63, 3.8) is 0 Å². The van der Waals surface area contributed by atoms with Crippen LogP contribution in [-0.2, 0) is 16.0 Å². The van der Waals surface area contributed by atoms with Crippen LogP contribution in [0.3, 0.4) is 0 Å². The van der Waals surface area contributed by atoms with Crippen LogP contribution in [0.25, 0.3) is 0 Å². The minimum Gasteiger partial charge on any atom is -0.493 e. The van der Waals surface area contributed by atoms with Crippen LogP contribution in [0, 0.1) is 0 Å². The third-order valence-corrected chi connectivity index (χ3v) is 6.35. The zero-order valence-electron chi connectivity index (χ0n) is 18.4. The first-order chi connectivity index (χ1) is 15.5. The first-order valence-corrected chi connectivity index (χ1v) is 11.2. The highest BCUT2D eigenvalue weighted by molar-refractivity contribution is 6.31. The van der Waals surface area contributed by atoms with Crippen LogP contribution < -0.4 is 14.4 Å². The van der Waals surface area contributed by atoms with Crippen molar-refractivity contribution in [1.29, 1.82) is 0 Å². The molecule has 2 aliphatic rings. The molecule has 7 heteroatoms. The van der Waals surface area contributed by atoms with Gasteiger partial charge in [-0.15, -0.1) is 0 Å². The van der Waals surface area contributed by atoms with Crippen molar-refractivity contribution in [2.75, 3.05) is 31.6 Å². The van der Waals surface area contributed by atoms with E-state index < -0.39 is 11.9 Å². The molecule has 2 aromatic rings. The van der Waals surface area contributed by atoms with E-state index in [0.717, 1.165) is 29.8 Å². The summed E-state index contributed by atoms with van der Waals surface area (Å²) in [5.41, 5.74) is 2.06. The number of methoxy groups -OCH3 is 1. The Bertz CT molecular complexity index is 943. The fourth-order valence-electron chi connectivity index (χ4n) is 4.68. The number of amides is 1. The molecule has 0 radical (unpaired) electrons. The molecule has 1 aliphatic heterocycles. The van der Waals surface area contributed by atoms with E-state index in [4.69, 9.17) is 9.47 Å². The summed E-state index contributed by atoms with van der Waals surface area (Å²) >= 11 is 0. The predicted molar refractivity (Wildman–Crippen MR) is 121 cm³/mol. The van der Waals surface area contributed by atoms with Crippen molar-refractivity contribution in [2.45, 2.75) is 44.2 Å². The van der Waals surface area contributed by atoms with Crippen LogP contribution in [-0.4, -0.2) is 60.8 Å². The number of rotatable bonds is 6. The van der Waals surface area contributed by atoms with Crippen LogP contribution in [0.4, 0.5) is 5.69 Å². The Labute approximate surface area is 188 Å². The van der Waals surface area contributed by atoms with Crippen LogP contribution in [0.5, 0.6) is 11.5 Å². The first-order valence-electron chi connectivity index (χ1n) is 11.2. The van der Waals surface area contributed by atoms with Crippen LogP contribution >= 0.6 is 0 Å². The molecule has 0 bridgehead atoms. The molecular weight excluding hydrogens is 408 g/mol. The molecule has 32 heavy (non-hydrogen) atoms. The van der Waals surface area contributed by atoms with Gasteiger partial charge < -0.3 is 24.4 Å². The molecule has 2 fully saturated rings. The Balaban J connectivity index is 1.55. The lowest BCUT2D eigenvalue weighted by Gasteiger charge is -2.42. The summed E-state index contributed by atoms with van der Waals surface area (Å²) in [6.45, 7) is 1.45.